The van der Waals surface area contributed by atoms with Crippen LogP contribution in [0.25, 0.3) is 11.4 Å². The average molecular weight is 378 g/mol. The molecule has 0 unspecified atom stereocenters. The summed E-state index contributed by atoms with van der Waals surface area (Å²) >= 11 is 7.36. The summed E-state index contributed by atoms with van der Waals surface area (Å²) in [5, 5.41) is 12.2. The number of carbonyl (C=O) groups is 1. The van der Waals surface area contributed by atoms with Gasteiger partial charge in [0.1, 0.15) is 12.3 Å². The standard InChI is InChI=1S/C16H16ClN5O2S/c1-21(9-13-6-7-14(17)25-13)15(23)10-22-19-16(18-20-22)11-4-3-5-12(8-11)24-2/h3-8H,9-10H2,1-2H3. The van der Waals surface area contributed by atoms with Gasteiger partial charge in [-0.2, -0.15) is 4.80 Å². The van der Waals surface area contributed by atoms with Crippen molar-refractivity contribution in [3.8, 4) is 17.1 Å². The summed E-state index contributed by atoms with van der Waals surface area (Å²) in [6.45, 7) is 0.514. The van der Waals surface area contributed by atoms with Gasteiger partial charge in [0.15, 0.2) is 0 Å². The molecule has 0 bridgehead atoms. The molecule has 0 aliphatic carbocycles. The van der Waals surface area contributed by atoms with E-state index in [0.29, 0.717) is 22.5 Å². The number of nitrogens with zero attached hydrogens (tertiary/aromatic N) is 5. The molecule has 25 heavy (non-hydrogen) atoms. The van der Waals surface area contributed by atoms with Gasteiger partial charge in [-0.3, -0.25) is 4.79 Å². The third-order valence-electron chi connectivity index (χ3n) is 3.51. The van der Waals surface area contributed by atoms with Gasteiger partial charge in [-0.1, -0.05) is 23.7 Å². The largest absolute Gasteiger partial charge is 0.497 e. The van der Waals surface area contributed by atoms with E-state index in [2.05, 4.69) is 15.4 Å². The number of benzene rings is 1. The molecule has 1 aromatic carbocycles. The minimum atomic E-state index is -0.112. The fraction of sp³-hybridized carbons (Fsp3) is 0.250. The van der Waals surface area contributed by atoms with E-state index in [-0.39, 0.29) is 12.5 Å². The maximum atomic E-state index is 12.3. The van der Waals surface area contributed by atoms with Gasteiger partial charge in [0, 0.05) is 17.5 Å². The molecule has 0 N–H and O–H groups in total. The third kappa shape index (κ3) is 4.34. The van der Waals surface area contributed by atoms with Crippen molar-refractivity contribution < 1.29 is 9.53 Å². The Balaban J connectivity index is 1.65. The van der Waals surface area contributed by atoms with Gasteiger partial charge in [-0.05, 0) is 29.5 Å². The zero-order valence-corrected chi connectivity index (χ0v) is 15.3. The molecule has 9 heteroatoms. The quantitative estimate of drug-likeness (QED) is 0.660. The molecular weight excluding hydrogens is 362 g/mol. The minimum Gasteiger partial charge on any atom is -0.497 e. The second-order valence-corrected chi connectivity index (χ2v) is 7.13. The number of hydrogen-bond donors (Lipinski definition) is 0. The van der Waals surface area contributed by atoms with Crippen LogP contribution < -0.4 is 4.74 Å². The number of tetrazole rings is 1. The van der Waals surface area contributed by atoms with Crippen LogP contribution in [0.3, 0.4) is 0 Å². The van der Waals surface area contributed by atoms with Crippen molar-refractivity contribution in [1.82, 2.24) is 25.1 Å². The summed E-state index contributed by atoms with van der Waals surface area (Å²) in [5.74, 6) is 1.04. The Bertz CT molecular complexity index is 879. The summed E-state index contributed by atoms with van der Waals surface area (Å²) in [4.78, 5) is 16.2. The van der Waals surface area contributed by atoms with E-state index in [4.69, 9.17) is 16.3 Å². The topological polar surface area (TPSA) is 73.1 Å². The molecule has 1 amide bonds. The fourth-order valence-electron chi connectivity index (χ4n) is 2.19. The Hall–Kier alpha value is -2.45. The van der Waals surface area contributed by atoms with Gasteiger partial charge < -0.3 is 9.64 Å². The summed E-state index contributed by atoms with van der Waals surface area (Å²) in [5.41, 5.74) is 0.777. The number of methoxy groups -OCH3 is 1. The molecule has 0 radical (unpaired) electrons. The second-order valence-electron chi connectivity index (χ2n) is 5.33. The van der Waals surface area contributed by atoms with Crippen molar-refractivity contribution in [1.29, 1.82) is 0 Å². The summed E-state index contributed by atoms with van der Waals surface area (Å²) in [6.07, 6.45) is 0. The van der Waals surface area contributed by atoms with Gasteiger partial charge >= 0.3 is 0 Å². The first-order valence-corrected chi connectivity index (χ1v) is 8.65. The predicted molar refractivity (Wildman–Crippen MR) is 95.6 cm³/mol. The molecule has 0 atom stereocenters. The van der Waals surface area contributed by atoms with E-state index < -0.39 is 0 Å². The Labute approximate surface area is 153 Å². The van der Waals surface area contributed by atoms with Crippen LogP contribution in [0.2, 0.25) is 4.34 Å². The molecule has 0 saturated heterocycles. The van der Waals surface area contributed by atoms with Crippen LogP contribution in [0.15, 0.2) is 36.4 Å². The number of ether oxygens (including phenoxy) is 1. The van der Waals surface area contributed by atoms with Crippen LogP contribution in [0.5, 0.6) is 5.75 Å². The maximum Gasteiger partial charge on any atom is 0.246 e. The molecule has 0 fully saturated rings. The fourth-order valence-corrected chi connectivity index (χ4v) is 3.33. The lowest BCUT2D eigenvalue weighted by Crippen LogP contribution is -2.30. The van der Waals surface area contributed by atoms with E-state index in [9.17, 15) is 4.79 Å². The molecular formula is C16H16ClN5O2S. The number of halogens is 1. The van der Waals surface area contributed by atoms with Crippen LogP contribution in [-0.2, 0) is 17.9 Å². The lowest BCUT2D eigenvalue weighted by atomic mass is 10.2. The second kappa shape index (κ2) is 7.62. The van der Waals surface area contributed by atoms with Crippen molar-refractivity contribution in [2.45, 2.75) is 13.1 Å². The lowest BCUT2D eigenvalue weighted by molar-refractivity contribution is -0.131. The van der Waals surface area contributed by atoms with Crippen molar-refractivity contribution in [2.24, 2.45) is 0 Å². The van der Waals surface area contributed by atoms with Crippen LogP contribution >= 0.6 is 22.9 Å². The summed E-state index contributed by atoms with van der Waals surface area (Å²) < 4.78 is 5.89. The SMILES string of the molecule is COc1cccc(-c2nnn(CC(=O)N(C)Cc3ccc(Cl)s3)n2)c1. The van der Waals surface area contributed by atoms with E-state index in [1.807, 2.05) is 36.4 Å². The highest BCUT2D eigenvalue weighted by Crippen LogP contribution is 2.22. The lowest BCUT2D eigenvalue weighted by Gasteiger charge is -2.15. The van der Waals surface area contributed by atoms with Gasteiger partial charge in [-0.25, -0.2) is 0 Å². The van der Waals surface area contributed by atoms with E-state index in [0.717, 1.165) is 10.4 Å². The molecule has 3 aromatic rings. The Morgan fingerprint density at radius 2 is 2.20 bits per heavy atom. The highest BCUT2D eigenvalue weighted by molar-refractivity contribution is 7.16. The zero-order chi connectivity index (χ0) is 17.8. The highest BCUT2D eigenvalue weighted by Gasteiger charge is 2.14. The van der Waals surface area contributed by atoms with Crippen LogP contribution in [-0.4, -0.2) is 45.2 Å². The summed E-state index contributed by atoms with van der Waals surface area (Å²) in [6, 6.07) is 11.1. The van der Waals surface area contributed by atoms with Gasteiger partial charge in [0.05, 0.1) is 18.0 Å². The number of amides is 1. The number of likely N-dealkylation sites (N-methyl/N-ethyl adjacent to an activating group) is 1. The number of thiophene rings is 1. The van der Waals surface area contributed by atoms with Crippen molar-refractivity contribution >= 4 is 28.8 Å². The van der Waals surface area contributed by atoms with E-state index >= 15 is 0 Å². The number of hydrogen-bond acceptors (Lipinski definition) is 6. The molecule has 0 aliphatic rings. The number of aromatic nitrogens is 4. The molecule has 2 heterocycles. The number of carbonyl (C=O) groups excluding carboxylic acids is 1. The van der Waals surface area contributed by atoms with Gasteiger partial charge in [0.2, 0.25) is 11.7 Å². The molecule has 3 rings (SSSR count). The highest BCUT2D eigenvalue weighted by atomic mass is 35.5. The van der Waals surface area contributed by atoms with Crippen LogP contribution in [0.4, 0.5) is 0 Å². The molecule has 130 valence electrons. The van der Waals surface area contributed by atoms with Crippen molar-refractivity contribution in [3.63, 3.8) is 0 Å². The molecule has 0 saturated carbocycles. The van der Waals surface area contributed by atoms with E-state index in [1.54, 1.807) is 19.1 Å². The van der Waals surface area contributed by atoms with Gasteiger partial charge in [-0.15, -0.1) is 21.5 Å². The monoisotopic (exact) mass is 377 g/mol. The van der Waals surface area contributed by atoms with Gasteiger partial charge in [0.25, 0.3) is 0 Å². The molecule has 7 nitrogen and oxygen atoms in total. The first-order chi connectivity index (χ1) is 12.0. The third-order valence-corrected chi connectivity index (χ3v) is 4.72. The minimum absolute atomic E-state index is 0.0204. The average Bonchev–Trinajstić information content (AvgIpc) is 3.24. The van der Waals surface area contributed by atoms with Crippen LogP contribution in [0.1, 0.15) is 4.88 Å². The normalized spacial score (nSPS) is 10.7. The smallest absolute Gasteiger partial charge is 0.246 e. The molecule has 2 aromatic heterocycles. The zero-order valence-electron chi connectivity index (χ0n) is 13.7. The maximum absolute atomic E-state index is 12.3. The Morgan fingerprint density at radius 1 is 1.36 bits per heavy atom. The number of rotatable bonds is 6. The summed E-state index contributed by atoms with van der Waals surface area (Å²) in [7, 11) is 3.33. The van der Waals surface area contributed by atoms with Crippen LogP contribution in [0, 0.1) is 0 Å². The molecule has 0 spiro atoms. The van der Waals surface area contributed by atoms with Crippen molar-refractivity contribution in [2.75, 3.05) is 14.2 Å². The molecule has 0 aliphatic heterocycles. The van der Waals surface area contributed by atoms with E-state index in [1.165, 1.54) is 16.1 Å². The first kappa shape index (κ1) is 17.4. The predicted octanol–water partition coefficient (Wildman–Crippen LogP) is 2.72. The first-order valence-electron chi connectivity index (χ1n) is 7.45. The Morgan fingerprint density at radius 3 is 2.92 bits per heavy atom. The van der Waals surface area contributed by atoms with Crippen molar-refractivity contribution in [3.05, 3.63) is 45.6 Å². The Kier molecular flexibility index (Phi) is 5.30.